The average molecular weight is 343 g/mol. The number of nitrogens with two attached hydrogens (primary N) is 1. The summed E-state index contributed by atoms with van der Waals surface area (Å²) in [6, 6.07) is 8.26. The Labute approximate surface area is 124 Å². The highest BCUT2D eigenvalue weighted by Gasteiger charge is 2.09. The van der Waals surface area contributed by atoms with Gasteiger partial charge in [0, 0.05) is 20.8 Å². The summed E-state index contributed by atoms with van der Waals surface area (Å²) in [5.41, 5.74) is 6.88. The monoisotopic (exact) mass is 342 g/mol. The van der Waals surface area contributed by atoms with Gasteiger partial charge in [0.05, 0.1) is 11.4 Å². The fourth-order valence-corrected chi connectivity index (χ4v) is 4.23. The van der Waals surface area contributed by atoms with Crippen molar-refractivity contribution in [3.8, 4) is 0 Å². The zero-order valence-corrected chi connectivity index (χ0v) is 13.4. The molecule has 1 aromatic heterocycles. The predicted molar refractivity (Wildman–Crippen MR) is 83.1 cm³/mol. The summed E-state index contributed by atoms with van der Waals surface area (Å²) < 4.78 is 1.14. The van der Waals surface area contributed by atoms with Crippen LogP contribution in [0.2, 0.25) is 0 Å². The molecule has 2 rings (SSSR count). The smallest absolute Gasteiger partial charge is 0.103 e. The molecular weight excluding hydrogens is 328 g/mol. The molecule has 2 nitrogen and oxygen atoms in total. The summed E-state index contributed by atoms with van der Waals surface area (Å²) in [6.07, 6.45) is 0.961. The maximum absolute atomic E-state index is 5.73. The van der Waals surface area contributed by atoms with E-state index < -0.39 is 0 Å². The third-order valence-electron chi connectivity index (χ3n) is 2.53. The fraction of sp³-hybridized carbons (Fsp3) is 0.308. The molecule has 18 heavy (non-hydrogen) atoms. The molecule has 96 valence electrons. The second kappa shape index (κ2) is 6.70. The van der Waals surface area contributed by atoms with E-state index in [2.05, 4.69) is 46.0 Å². The number of aromatic nitrogens is 1. The number of aryl methyl sites for hydroxylation is 1. The van der Waals surface area contributed by atoms with E-state index >= 15 is 0 Å². The molecule has 1 heterocycles. The molecule has 0 amide bonds. The molecule has 5 heteroatoms. The minimum Gasteiger partial charge on any atom is -0.326 e. The van der Waals surface area contributed by atoms with Gasteiger partial charge in [0.25, 0.3) is 0 Å². The van der Waals surface area contributed by atoms with Gasteiger partial charge in [-0.3, -0.25) is 0 Å². The van der Waals surface area contributed by atoms with Crippen LogP contribution in [-0.4, -0.2) is 4.98 Å². The van der Waals surface area contributed by atoms with E-state index in [1.54, 1.807) is 23.1 Å². The van der Waals surface area contributed by atoms with Gasteiger partial charge < -0.3 is 5.73 Å². The number of benzene rings is 1. The van der Waals surface area contributed by atoms with Gasteiger partial charge in [0.1, 0.15) is 5.01 Å². The van der Waals surface area contributed by atoms with Crippen LogP contribution in [0.15, 0.2) is 33.6 Å². The molecule has 0 unspecified atom stereocenters. The van der Waals surface area contributed by atoms with Gasteiger partial charge in [-0.15, -0.1) is 23.1 Å². The number of halogens is 1. The SMILES string of the molecule is CCc1nc(CSc2ccccc2Br)sc1CN. The Hall–Kier alpha value is -0.360. The zero-order valence-electron chi connectivity index (χ0n) is 10.1. The quantitative estimate of drug-likeness (QED) is 0.826. The Kier molecular flexibility index (Phi) is 5.24. The molecule has 2 N–H and O–H groups in total. The number of thiazole rings is 1. The Morgan fingerprint density at radius 1 is 1.39 bits per heavy atom. The predicted octanol–water partition coefficient (Wildman–Crippen LogP) is 4.22. The maximum Gasteiger partial charge on any atom is 0.103 e. The van der Waals surface area contributed by atoms with E-state index in [0.29, 0.717) is 6.54 Å². The second-order valence-electron chi connectivity index (χ2n) is 3.75. The number of thioether (sulfide) groups is 1. The molecule has 0 spiro atoms. The first-order valence-corrected chi connectivity index (χ1v) is 8.39. The Morgan fingerprint density at radius 2 is 2.17 bits per heavy atom. The van der Waals surface area contributed by atoms with E-state index in [9.17, 15) is 0 Å². The molecule has 0 aliphatic carbocycles. The first-order valence-electron chi connectivity index (χ1n) is 5.79. The van der Waals surface area contributed by atoms with Crippen LogP contribution < -0.4 is 5.73 Å². The molecule has 0 fully saturated rings. The van der Waals surface area contributed by atoms with E-state index in [1.807, 2.05) is 6.07 Å². The Morgan fingerprint density at radius 3 is 2.78 bits per heavy atom. The summed E-state index contributed by atoms with van der Waals surface area (Å²) in [6.45, 7) is 2.72. The summed E-state index contributed by atoms with van der Waals surface area (Å²) >= 11 is 7.10. The van der Waals surface area contributed by atoms with E-state index in [1.165, 1.54) is 9.77 Å². The maximum atomic E-state index is 5.73. The van der Waals surface area contributed by atoms with Gasteiger partial charge in [-0.1, -0.05) is 19.1 Å². The summed E-state index contributed by atoms with van der Waals surface area (Å²) in [5.74, 6) is 0.903. The zero-order chi connectivity index (χ0) is 13.0. The number of rotatable bonds is 5. The van der Waals surface area contributed by atoms with Crippen LogP contribution in [-0.2, 0) is 18.7 Å². The van der Waals surface area contributed by atoms with Crippen molar-refractivity contribution >= 4 is 39.0 Å². The highest BCUT2D eigenvalue weighted by atomic mass is 79.9. The molecule has 0 aliphatic rings. The van der Waals surface area contributed by atoms with Gasteiger partial charge >= 0.3 is 0 Å². The minimum atomic E-state index is 0.598. The van der Waals surface area contributed by atoms with Crippen molar-refractivity contribution in [1.29, 1.82) is 0 Å². The lowest BCUT2D eigenvalue weighted by Crippen LogP contribution is -1.96. The first-order chi connectivity index (χ1) is 8.74. The first kappa shape index (κ1) is 14.1. The lowest BCUT2D eigenvalue weighted by atomic mass is 10.3. The molecule has 0 bridgehead atoms. The van der Waals surface area contributed by atoms with Crippen molar-refractivity contribution in [3.05, 3.63) is 44.3 Å². The fourth-order valence-electron chi connectivity index (χ4n) is 1.64. The summed E-state index contributed by atoms with van der Waals surface area (Å²) in [7, 11) is 0. The molecule has 0 saturated carbocycles. The topological polar surface area (TPSA) is 38.9 Å². The van der Waals surface area contributed by atoms with Crippen molar-refractivity contribution in [3.63, 3.8) is 0 Å². The van der Waals surface area contributed by atoms with Crippen LogP contribution in [0.4, 0.5) is 0 Å². The van der Waals surface area contributed by atoms with Crippen LogP contribution in [0.5, 0.6) is 0 Å². The highest BCUT2D eigenvalue weighted by molar-refractivity contribution is 9.10. The van der Waals surface area contributed by atoms with Crippen molar-refractivity contribution in [1.82, 2.24) is 4.98 Å². The third-order valence-corrected chi connectivity index (χ3v) is 5.87. The van der Waals surface area contributed by atoms with Crippen molar-refractivity contribution in [2.45, 2.75) is 30.5 Å². The average Bonchev–Trinajstić information content (AvgIpc) is 2.80. The molecule has 0 aliphatic heterocycles. The lowest BCUT2D eigenvalue weighted by Gasteiger charge is -2.01. The van der Waals surface area contributed by atoms with E-state index in [0.717, 1.165) is 27.3 Å². The molecule has 2 aromatic rings. The van der Waals surface area contributed by atoms with Crippen molar-refractivity contribution in [2.24, 2.45) is 5.73 Å². The van der Waals surface area contributed by atoms with Crippen molar-refractivity contribution in [2.75, 3.05) is 0 Å². The molecule has 0 atom stereocenters. The van der Waals surface area contributed by atoms with Crippen LogP contribution in [0.25, 0.3) is 0 Å². The van der Waals surface area contributed by atoms with Gasteiger partial charge in [0.15, 0.2) is 0 Å². The summed E-state index contributed by atoms with van der Waals surface area (Å²) in [4.78, 5) is 7.12. The minimum absolute atomic E-state index is 0.598. The molecule has 1 aromatic carbocycles. The highest BCUT2D eigenvalue weighted by Crippen LogP contribution is 2.31. The Balaban J connectivity index is 2.06. The second-order valence-corrected chi connectivity index (χ2v) is 6.79. The van der Waals surface area contributed by atoms with Crippen LogP contribution in [0.3, 0.4) is 0 Å². The van der Waals surface area contributed by atoms with Crippen LogP contribution in [0.1, 0.15) is 22.5 Å². The normalized spacial score (nSPS) is 10.8. The van der Waals surface area contributed by atoms with Gasteiger partial charge in [0.2, 0.25) is 0 Å². The standard InChI is InChI=1S/C13H15BrN2S2/c1-2-10-12(7-15)18-13(16-10)8-17-11-6-4-3-5-9(11)14/h3-6H,2,7-8,15H2,1H3. The molecule has 0 saturated heterocycles. The number of hydrogen-bond donors (Lipinski definition) is 1. The van der Waals surface area contributed by atoms with Crippen LogP contribution in [0, 0.1) is 0 Å². The Bertz CT molecular complexity index is 504. The van der Waals surface area contributed by atoms with E-state index in [-0.39, 0.29) is 0 Å². The number of hydrogen-bond acceptors (Lipinski definition) is 4. The largest absolute Gasteiger partial charge is 0.326 e. The van der Waals surface area contributed by atoms with Gasteiger partial charge in [-0.05, 0) is 34.5 Å². The van der Waals surface area contributed by atoms with Crippen LogP contribution >= 0.6 is 39.0 Å². The number of nitrogens with zero attached hydrogens (tertiary/aromatic N) is 1. The molecule has 0 radical (unpaired) electrons. The van der Waals surface area contributed by atoms with E-state index in [4.69, 9.17) is 5.73 Å². The molecular formula is C13H15BrN2S2. The third kappa shape index (κ3) is 3.35. The lowest BCUT2D eigenvalue weighted by molar-refractivity contribution is 0.978. The van der Waals surface area contributed by atoms with Gasteiger partial charge in [-0.2, -0.15) is 0 Å². The summed E-state index contributed by atoms with van der Waals surface area (Å²) in [5, 5.41) is 1.16. The van der Waals surface area contributed by atoms with Crippen molar-refractivity contribution < 1.29 is 0 Å². The van der Waals surface area contributed by atoms with Gasteiger partial charge in [-0.25, -0.2) is 4.98 Å².